The van der Waals surface area contributed by atoms with Gasteiger partial charge in [-0.1, -0.05) is 30.3 Å². The Kier molecular flexibility index (Phi) is 4.55. The first-order chi connectivity index (χ1) is 8.12. The van der Waals surface area contributed by atoms with Gasteiger partial charge in [0.05, 0.1) is 15.7 Å². The van der Waals surface area contributed by atoms with E-state index < -0.39 is 28.0 Å². The number of hydrogen-bond acceptors (Lipinski definition) is 1. The lowest BCUT2D eigenvalue weighted by Crippen LogP contribution is -2.41. The minimum atomic E-state index is -4.48. The molecule has 0 heterocycles. The highest BCUT2D eigenvalue weighted by molar-refractivity contribution is 7.84. The maximum atomic E-state index is 13.0. The van der Waals surface area contributed by atoms with Gasteiger partial charge in [0, 0.05) is 0 Å². The van der Waals surface area contributed by atoms with E-state index in [2.05, 4.69) is 4.72 Å². The van der Waals surface area contributed by atoms with Crippen molar-refractivity contribution in [3.63, 3.8) is 0 Å². The molecule has 0 fully saturated rings. The van der Waals surface area contributed by atoms with E-state index in [1.54, 1.807) is 26.8 Å². The van der Waals surface area contributed by atoms with E-state index in [-0.39, 0.29) is 5.56 Å². The molecule has 0 aromatic heterocycles. The molecule has 18 heavy (non-hydrogen) atoms. The molecule has 1 aromatic carbocycles. The lowest BCUT2D eigenvalue weighted by atomic mass is 10.1. The van der Waals surface area contributed by atoms with Crippen LogP contribution in [0, 0.1) is 0 Å². The van der Waals surface area contributed by atoms with Crippen LogP contribution in [0.2, 0.25) is 0 Å². The number of nitrogens with one attached hydrogen (secondary N) is 1. The number of alkyl halides is 3. The quantitative estimate of drug-likeness (QED) is 0.903. The average molecular weight is 279 g/mol. The molecule has 0 amide bonds. The fourth-order valence-corrected chi connectivity index (χ4v) is 2.09. The zero-order valence-corrected chi connectivity index (χ0v) is 11.2. The van der Waals surface area contributed by atoms with Gasteiger partial charge >= 0.3 is 6.18 Å². The van der Waals surface area contributed by atoms with Gasteiger partial charge in [-0.2, -0.15) is 13.2 Å². The maximum absolute atomic E-state index is 13.0. The second-order valence-electron chi connectivity index (χ2n) is 4.88. The zero-order valence-electron chi connectivity index (χ0n) is 10.4. The van der Waals surface area contributed by atoms with Crippen LogP contribution in [0.4, 0.5) is 13.2 Å². The molecule has 0 aliphatic rings. The van der Waals surface area contributed by atoms with Gasteiger partial charge in [0.15, 0.2) is 0 Å². The second kappa shape index (κ2) is 5.40. The molecule has 102 valence electrons. The Balaban J connectivity index is 2.99. The minimum absolute atomic E-state index is 0.0580. The normalized spacial score (nSPS) is 16.3. The largest absolute Gasteiger partial charge is 0.408 e. The summed E-state index contributed by atoms with van der Waals surface area (Å²) in [5.41, 5.74) is 0.0580. The van der Waals surface area contributed by atoms with E-state index in [1.807, 2.05) is 0 Å². The summed E-state index contributed by atoms with van der Waals surface area (Å²) in [7, 11) is -1.78. The topological polar surface area (TPSA) is 29.1 Å². The number of halogens is 3. The molecule has 0 saturated heterocycles. The second-order valence-corrected chi connectivity index (χ2v) is 6.88. The molecular formula is C12H16F3NOS. The van der Waals surface area contributed by atoms with Gasteiger partial charge in [0.2, 0.25) is 0 Å². The van der Waals surface area contributed by atoms with Crippen LogP contribution < -0.4 is 4.72 Å². The average Bonchev–Trinajstić information content (AvgIpc) is 2.23. The Labute approximate surface area is 107 Å². The lowest BCUT2D eigenvalue weighted by Gasteiger charge is -2.26. The number of hydrogen-bond donors (Lipinski definition) is 1. The van der Waals surface area contributed by atoms with E-state index in [0.29, 0.717) is 0 Å². The molecule has 0 bridgehead atoms. The van der Waals surface area contributed by atoms with Crippen LogP contribution >= 0.6 is 0 Å². The number of benzene rings is 1. The summed E-state index contributed by atoms with van der Waals surface area (Å²) < 4.78 is 52.1. The molecule has 0 spiro atoms. The van der Waals surface area contributed by atoms with Crippen molar-refractivity contribution in [1.29, 1.82) is 0 Å². The van der Waals surface area contributed by atoms with Crippen molar-refractivity contribution in [2.75, 3.05) is 0 Å². The van der Waals surface area contributed by atoms with Crippen molar-refractivity contribution >= 4 is 11.0 Å². The van der Waals surface area contributed by atoms with Crippen molar-refractivity contribution in [2.24, 2.45) is 0 Å². The highest BCUT2D eigenvalue weighted by atomic mass is 32.2. The van der Waals surface area contributed by atoms with E-state index in [9.17, 15) is 17.4 Å². The summed E-state index contributed by atoms with van der Waals surface area (Å²) in [5, 5.41) is 0. The van der Waals surface area contributed by atoms with E-state index in [4.69, 9.17) is 0 Å². The summed E-state index contributed by atoms with van der Waals surface area (Å²) in [4.78, 5) is 0. The fourth-order valence-electron chi connectivity index (χ4n) is 1.25. The van der Waals surface area contributed by atoms with Crippen molar-refractivity contribution in [2.45, 2.75) is 37.7 Å². The predicted octanol–water partition coefficient (Wildman–Crippen LogP) is 3.34. The van der Waals surface area contributed by atoms with Crippen molar-refractivity contribution in [3.8, 4) is 0 Å². The van der Waals surface area contributed by atoms with Crippen molar-refractivity contribution in [1.82, 2.24) is 4.72 Å². The summed E-state index contributed by atoms with van der Waals surface area (Å²) in [6.07, 6.45) is -4.48. The van der Waals surface area contributed by atoms with Crippen LogP contribution in [-0.2, 0) is 11.0 Å². The van der Waals surface area contributed by atoms with Crippen LogP contribution in [0.5, 0.6) is 0 Å². The molecule has 0 saturated carbocycles. The first kappa shape index (κ1) is 15.2. The fraction of sp³-hybridized carbons (Fsp3) is 0.500. The third-order valence-corrected chi connectivity index (χ3v) is 3.80. The van der Waals surface area contributed by atoms with Crippen LogP contribution in [-0.4, -0.2) is 15.1 Å². The summed E-state index contributed by atoms with van der Waals surface area (Å²) >= 11 is 0. The highest BCUT2D eigenvalue weighted by Crippen LogP contribution is 2.33. The van der Waals surface area contributed by atoms with E-state index in [1.165, 1.54) is 24.3 Å². The Morgan fingerprint density at radius 3 is 2.00 bits per heavy atom. The van der Waals surface area contributed by atoms with Crippen LogP contribution in [0.25, 0.3) is 0 Å². The van der Waals surface area contributed by atoms with Crippen LogP contribution in [0.1, 0.15) is 32.4 Å². The Bertz CT molecular complexity index is 412. The van der Waals surface area contributed by atoms with E-state index >= 15 is 0 Å². The monoisotopic (exact) mass is 279 g/mol. The molecule has 0 radical (unpaired) electrons. The Morgan fingerprint density at radius 1 is 1.11 bits per heavy atom. The first-order valence-electron chi connectivity index (χ1n) is 5.42. The smallest absolute Gasteiger partial charge is 0.242 e. The third-order valence-electron chi connectivity index (χ3n) is 2.24. The van der Waals surface area contributed by atoms with Crippen LogP contribution in [0.3, 0.4) is 0 Å². The molecule has 1 aromatic rings. The van der Waals surface area contributed by atoms with Gasteiger partial charge in [0.25, 0.3) is 0 Å². The molecule has 1 rings (SSSR count). The van der Waals surface area contributed by atoms with Crippen molar-refractivity contribution < 1.29 is 17.4 Å². The maximum Gasteiger partial charge on any atom is 0.408 e. The lowest BCUT2D eigenvalue weighted by molar-refractivity contribution is -0.152. The minimum Gasteiger partial charge on any atom is -0.242 e. The molecule has 0 aliphatic heterocycles. The molecular weight excluding hydrogens is 263 g/mol. The summed E-state index contributed by atoms with van der Waals surface area (Å²) in [6.45, 7) is 4.86. The summed E-state index contributed by atoms with van der Waals surface area (Å²) in [5.74, 6) is 0. The van der Waals surface area contributed by atoms with E-state index in [0.717, 1.165) is 0 Å². The van der Waals surface area contributed by atoms with Gasteiger partial charge in [-0.15, -0.1) is 0 Å². The SMILES string of the molecule is CC(C)(C)[S@@](=O)N[C@@H](c1ccccc1)C(F)(F)F. The van der Waals surface area contributed by atoms with Gasteiger partial charge in [-0.25, -0.2) is 8.93 Å². The molecule has 1 N–H and O–H groups in total. The Hall–Kier alpha value is -0.880. The molecule has 0 aliphatic carbocycles. The highest BCUT2D eigenvalue weighted by Gasteiger charge is 2.42. The van der Waals surface area contributed by atoms with Crippen LogP contribution in [0.15, 0.2) is 30.3 Å². The summed E-state index contributed by atoms with van der Waals surface area (Å²) in [6, 6.07) is 5.50. The number of rotatable bonds is 3. The predicted molar refractivity (Wildman–Crippen MR) is 66.3 cm³/mol. The van der Waals surface area contributed by atoms with Gasteiger partial charge in [-0.05, 0) is 26.3 Å². The molecule has 0 unspecified atom stereocenters. The molecule has 6 heteroatoms. The standard InChI is InChI=1S/C12H16F3NOS/c1-11(2,3)18(17)16-10(12(13,14)15)9-7-5-4-6-8-9/h4-8,10,16H,1-3H3/t10-,18+/m0/s1. The molecule has 2 atom stereocenters. The Morgan fingerprint density at radius 2 is 1.61 bits per heavy atom. The zero-order chi connectivity index (χ0) is 14.0. The van der Waals surface area contributed by atoms with Crippen molar-refractivity contribution in [3.05, 3.63) is 35.9 Å². The van der Waals surface area contributed by atoms with Gasteiger partial charge < -0.3 is 0 Å². The first-order valence-corrected chi connectivity index (χ1v) is 6.57. The van der Waals surface area contributed by atoms with Gasteiger partial charge in [-0.3, -0.25) is 0 Å². The molecule has 2 nitrogen and oxygen atoms in total. The third kappa shape index (κ3) is 4.10. The van der Waals surface area contributed by atoms with Gasteiger partial charge in [0.1, 0.15) is 6.04 Å².